The van der Waals surface area contributed by atoms with Crippen molar-refractivity contribution in [1.29, 1.82) is 0 Å². The van der Waals surface area contributed by atoms with Crippen LogP contribution in [0.1, 0.15) is 10.5 Å². The fourth-order valence-electron chi connectivity index (χ4n) is 1.31. The molecule has 2 rings (SSSR count). The van der Waals surface area contributed by atoms with E-state index in [4.69, 9.17) is 10.8 Å². The van der Waals surface area contributed by atoms with Gasteiger partial charge in [0.25, 0.3) is 0 Å². The Morgan fingerprint density at radius 2 is 2.33 bits per heavy atom. The van der Waals surface area contributed by atoms with E-state index in [9.17, 15) is 4.79 Å². The number of nitrogen functional groups attached to an aromatic ring is 1. The number of carboxylic acid groups (broad SMARTS) is 1. The highest BCUT2D eigenvalue weighted by Gasteiger charge is 2.18. The van der Waals surface area contributed by atoms with Gasteiger partial charge in [-0.25, -0.2) is 4.79 Å². The first-order valence-electron chi connectivity index (χ1n) is 4.17. The van der Waals surface area contributed by atoms with Gasteiger partial charge in [0, 0.05) is 18.0 Å². The summed E-state index contributed by atoms with van der Waals surface area (Å²) in [5, 5.41) is 14.9. The number of nitrogens with zero attached hydrogens (tertiary/aromatic N) is 2. The highest BCUT2D eigenvalue weighted by Crippen LogP contribution is 2.26. The smallest absolute Gasteiger partial charge is 0.354 e. The van der Waals surface area contributed by atoms with E-state index in [1.165, 1.54) is 6.20 Å². The van der Waals surface area contributed by atoms with E-state index in [-0.39, 0.29) is 11.5 Å². The number of hydrogen-bond donors (Lipinski definition) is 3. The van der Waals surface area contributed by atoms with E-state index in [1.807, 2.05) is 0 Å². The number of carboxylic acids is 1. The second-order valence-corrected chi connectivity index (χ2v) is 2.91. The summed E-state index contributed by atoms with van der Waals surface area (Å²) in [6.45, 7) is 0. The van der Waals surface area contributed by atoms with Gasteiger partial charge in [-0.3, -0.25) is 10.1 Å². The van der Waals surface area contributed by atoms with Gasteiger partial charge in [0.15, 0.2) is 11.5 Å². The molecule has 4 N–H and O–H groups in total. The topological polar surface area (TPSA) is 105 Å². The molecular formula is C9H8N4O2. The molecule has 0 amide bonds. The third-order valence-corrected chi connectivity index (χ3v) is 1.96. The molecule has 6 heteroatoms. The SMILES string of the molecule is Nc1n[nH]c(C(=O)O)c1-c1cccnc1. The Hall–Kier alpha value is -2.37. The molecule has 15 heavy (non-hydrogen) atoms. The number of H-pyrrole nitrogens is 1. The lowest BCUT2D eigenvalue weighted by atomic mass is 10.1. The Balaban J connectivity index is 2.62. The number of nitrogens with one attached hydrogen (secondary N) is 1. The van der Waals surface area contributed by atoms with Crippen molar-refractivity contribution in [2.45, 2.75) is 0 Å². The highest BCUT2D eigenvalue weighted by molar-refractivity contribution is 5.97. The molecular weight excluding hydrogens is 196 g/mol. The van der Waals surface area contributed by atoms with Crippen molar-refractivity contribution in [2.24, 2.45) is 0 Å². The van der Waals surface area contributed by atoms with Crippen LogP contribution in [-0.4, -0.2) is 26.3 Å². The summed E-state index contributed by atoms with van der Waals surface area (Å²) in [5.41, 5.74) is 6.55. The number of carbonyl (C=O) groups is 1. The average Bonchev–Trinajstić information content (AvgIpc) is 2.61. The van der Waals surface area contributed by atoms with Crippen LogP contribution in [0.5, 0.6) is 0 Å². The Kier molecular flexibility index (Phi) is 2.09. The summed E-state index contributed by atoms with van der Waals surface area (Å²) in [6.07, 6.45) is 3.13. The molecule has 0 fully saturated rings. The zero-order valence-corrected chi connectivity index (χ0v) is 7.64. The quantitative estimate of drug-likeness (QED) is 0.669. The van der Waals surface area contributed by atoms with Gasteiger partial charge in [-0.15, -0.1) is 0 Å². The maximum atomic E-state index is 10.9. The van der Waals surface area contributed by atoms with E-state index in [1.54, 1.807) is 18.3 Å². The van der Waals surface area contributed by atoms with Gasteiger partial charge in [0.2, 0.25) is 0 Å². The van der Waals surface area contributed by atoms with Crippen LogP contribution in [0.4, 0.5) is 5.82 Å². The molecule has 0 radical (unpaired) electrons. The van der Waals surface area contributed by atoms with Crippen LogP contribution in [-0.2, 0) is 0 Å². The van der Waals surface area contributed by atoms with Gasteiger partial charge in [-0.05, 0) is 6.07 Å². The monoisotopic (exact) mass is 204 g/mol. The maximum Gasteiger partial charge on any atom is 0.354 e. The minimum absolute atomic E-state index is 0.0273. The van der Waals surface area contributed by atoms with Crippen molar-refractivity contribution in [3.8, 4) is 11.1 Å². The number of rotatable bonds is 2. The minimum atomic E-state index is -1.10. The van der Waals surface area contributed by atoms with Crippen LogP contribution in [0.25, 0.3) is 11.1 Å². The number of anilines is 1. The molecule has 2 heterocycles. The van der Waals surface area contributed by atoms with Crippen molar-refractivity contribution in [3.63, 3.8) is 0 Å². The second-order valence-electron chi connectivity index (χ2n) is 2.91. The van der Waals surface area contributed by atoms with Crippen LogP contribution >= 0.6 is 0 Å². The molecule has 0 aliphatic carbocycles. The van der Waals surface area contributed by atoms with E-state index >= 15 is 0 Å². The zero-order chi connectivity index (χ0) is 10.8. The largest absolute Gasteiger partial charge is 0.477 e. The number of hydrogen-bond acceptors (Lipinski definition) is 4. The fraction of sp³-hybridized carbons (Fsp3) is 0. The van der Waals surface area contributed by atoms with Crippen LogP contribution in [0.3, 0.4) is 0 Å². The van der Waals surface area contributed by atoms with E-state index in [2.05, 4.69) is 15.2 Å². The molecule has 0 unspecified atom stereocenters. The van der Waals surface area contributed by atoms with Crippen LogP contribution in [0.15, 0.2) is 24.5 Å². The van der Waals surface area contributed by atoms with Crippen LogP contribution in [0.2, 0.25) is 0 Å². The van der Waals surface area contributed by atoms with Gasteiger partial charge < -0.3 is 10.8 Å². The molecule has 0 saturated heterocycles. The molecule has 0 atom stereocenters. The predicted octanol–water partition coefficient (Wildman–Crippen LogP) is 0.752. The molecule has 2 aromatic rings. The fourth-order valence-corrected chi connectivity index (χ4v) is 1.31. The minimum Gasteiger partial charge on any atom is -0.477 e. The Morgan fingerprint density at radius 3 is 2.93 bits per heavy atom. The summed E-state index contributed by atoms with van der Waals surface area (Å²) in [6, 6.07) is 3.42. The lowest BCUT2D eigenvalue weighted by molar-refractivity contribution is 0.0691. The maximum absolute atomic E-state index is 10.9. The highest BCUT2D eigenvalue weighted by atomic mass is 16.4. The first-order chi connectivity index (χ1) is 7.20. The standard InChI is InChI=1S/C9H8N4O2/c10-8-6(5-2-1-3-11-4-5)7(9(14)15)12-13-8/h1-4H,(H,14,15)(H3,10,12,13). The average molecular weight is 204 g/mol. The second kappa shape index (κ2) is 3.41. The normalized spacial score (nSPS) is 10.1. The first-order valence-corrected chi connectivity index (χ1v) is 4.17. The molecule has 0 saturated carbocycles. The summed E-state index contributed by atoms with van der Waals surface area (Å²) in [4.78, 5) is 14.8. The van der Waals surface area contributed by atoms with Crippen LogP contribution < -0.4 is 5.73 Å². The number of aromatic amines is 1. The van der Waals surface area contributed by atoms with Crippen LogP contribution in [0, 0.1) is 0 Å². The number of pyridine rings is 1. The zero-order valence-electron chi connectivity index (χ0n) is 7.64. The molecule has 0 spiro atoms. The Morgan fingerprint density at radius 1 is 1.53 bits per heavy atom. The van der Waals surface area contributed by atoms with Gasteiger partial charge in [-0.2, -0.15) is 5.10 Å². The third kappa shape index (κ3) is 1.52. The van der Waals surface area contributed by atoms with Crippen molar-refractivity contribution in [3.05, 3.63) is 30.2 Å². The van der Waals surface area contributed by atoms with Crippen molar-refractivity contribution < 1.29 is 9.90 Å². The molecule has 0 aromatic carbocycles. The van der Waals surface area contributed by atoms with Crippen molar-refractivity contribution in [1.82, 2.24) is 15.2 Å². The van der Waals surface area contributed by atoms with Gasteiger partial charge >= 0.3 is 5.97 Å². The molecule has 2 aromatic heterocycles. The van der Waals surface area contributed by atoms with Crippen molar-refractivity contribution >= 4 is 11.8 Å². The number of aromatic nitrogens is 3. The molecule has 0 aliphatic heterocycles. The van der Waals surface area contributed by atoms with Crippen molar-refractivity contribution in [2.75, 3.05) is 5.73 Å². The third-order valence-electron chi connectivity index (χ3n) is 1.96. The van der Waals surface area contributed by atoms with E-state index in [0.717, 1.165) is 0 Å². The molecule has 0 aliphatic rings. The summed E-state index contributed by atoms with van der Waals surface area (Å²) in [7, 11) is 0. The molecule has 0 bridgehead atoms. The first kappa shape index (κ1) is 9.20. The summed E-state index contributed by atoms with van der Waals surface area (Å²) >= 11 is 0. The van der Waals surface area contributed by atoms with E-state index in [0.29, 0.717) is 11.1 Å². The molecule has 76 valence electrons. The molecule has 6 nitrogen and oxygen atoms in total. The van der Waals surface area contributed by atoms with Gasteiger partial charge in [0.05, 0.1) is 5.56 Å². The predicted molar refractivity (Wildman–Crippen MR) is 53.2 cm³/mol. The lowest BCUT2D eigenvalue weighted by Gasteiger charge is -1.99. The van der Waals surface area contributed by atoms with E-state index < -0.39 is 5.97 Å². The number of aromatic carboxylic acids is 1. The van der Waals surface area contributed by atoms with Gasteiger partial charge in [-0.1, -0.05) is 6.07 Å². The van der Waals surface area contributed by atoms with Gasteiger partial charge in [0.1, 0.15) is 0 Å². The summed E-state index contributed by atoms with van der Waals surface area (Å²) < 4.78 is 0. The lowest BCUT2D eigenvalue weighted by Crippen LogP contribution is -1.99. The number of nitrogens with two attached hydrogens (primary N) is 1. The Bertz CT molecular complexity index is 492. The summed E-state index contributed by atoms with van der Waals surface area (Å²) in [5.74, 6) is -0.946. The Labute approximate surface area is 84.8 Å².